The smallest absolute Gasteiger partial charge is 0.191 e. The molecule has 0 saturated carbocycles. The summed E-state index contributed by atoms with van der Waals surface area (Å²) in [6.45, 7) is 2.14. The normalized spacial score (nSPS) is 30.0. The number of rotatable bonds is 9. The van der Waals surface area contributed by atoms with E-state index in [0.29, 0.717) is 19.8 Å². The molecule has 1 saturated heterocycles. The Kier molecular flexibility index (Phi) is 8.93. The number of aliphatic hydroxyl groups is 1. The summed E-state index contributed by atoms with van der Waals surface area (Å²) in [5.41, 5.74) is 0. The van der Waals surface area contributed by atoms with Gasteiger partial charge in [0.1, 0.15) is 26.2 Å². The molecule has 4 unspecified atom stereocenters. The van der Waals surface area contributed by atoms with Gasteiger partial charge in [-0.2, -0.15) is 0 Å². The van der Waals surface area contributed by atoms with Gasteiger partial charge < -0.3 is 34.0 Å². The highest BCUT2D eigenvalue weighted by atomic mass is 31.2. The molecule has 0 aromatic rings. The molecule has 0 spiro atoms. The topological polar surface area (TPSA) is 91.6 Å². The standard InChI is InChI=1S/C12H23BNO6P/c1-14(2)4-5-18-6-7-19-11-10(15)9(20-12(11)13)3-8-21(16)17/h3,8-12,15-17H,4-7H2,1-2H3/b8-3+. The molecule has 0 aromatic heterocycles. The van der Waals surface area contributed by atoms with Crippen molar-refractivity contribution >= 4 is 16.2 Å². The average molecular weight is 319 g/mol. The predicted molar refractivity (Wildman–Crippen MR) is 80.0 cm³/mol. The van der Waals surface area contributed by atoms with Gasteiger partial charge in [-0.1, -0.05) is 0 Å². The first-order valence-electron chi connectivity index (χ1n) is 6.70. The first-order chi connectivity index (χ1) is 9.91. The van der Waals surface area contributed by atoms with Gasteiger partial charge in [0, 0.05) is 12.5 Å². The van der Waals surface area contributed by atoms with E-state index < -0.39 is 32.7 Å². The molecule has 0 aromatic carbocycles. The molecule has 0 aliphatic carbocycles. The summed E-state index contributed by atoms with van der Waals surface area (Å²) < 4.78 is 16.2. The van der Waals surface area contributed by atoms with Crippen LogP contribution < -0.4 is 0 Å². The molecule has 7 nitrogen and oxygen atoms in total. The Balaban J connectivity index is 2.25. The molecule has 4 atom stereocenters. The van der Waals surface area contributed by atoms with Crippen LogP contribution in [0.3, 0.4) is 0 Å². The van der Waals surface area contributed by atoms with Crippen molar-refractivity contribution in [2.45, 2.75) is 24.3 Å². The van der Waals surface area contributed by atoms with Gasteiger partial charge >= 0.3 is 0 Å². The predicted octanol–water partition coefficient (Wildman–Crippen LogP) is -0.986. The molecule has 9 heteroatoms. The number of ether oxygens (including phenoxy) is 3. The van der Waals surface area contributed by atoms with Crippen LogP contribution in [0, 0.1) is 0 Å². The Bertz CT molecular complexity index is 320. The maximum absolute atomic E-state index is 10.0. The molecule has 21 heavy (non-hydrogen) atoms. The Hall–Kier alpha value is -0.0451. The molecular weight excluding hydrogens is 296 g/mol. The lowest BCUT2D eigenvalue weighted by molar-refractivity contribution is -0.0431. The summed E-state index contributed by atoms with van der Waals surface area (Å²) in [5.74, 6) is 1.17. The highest BCUT2D eigenvalue weighted by Gasteiger charge is 2.40. The van der Waals surface area contributed by atoms with Crippen LogP contribution >= 0.6 is 8.38 Å². The highest BCUT2D eigenvalue weighted by Crippen LogP contribution is 2.28. The van der Waals surface area contributed by atoms with Crippen LogP contribution in [-0.4, -0.2) is 92.4 Å². The minimum absolute atomic E-state index is 0.301. The maximum atomic E-state index is 10.0. The third kappa shape index (κ3) is 7.17. The Labute approximate surface area is 127 Å². The maximum Gasteiger partial charge on any atom is 0.191 e. The van der Waals surface area contributed by atoms with Crippen LogP contribution in [0.15, 0.2) is 11.9 Å². The molecule has 1 aliphatic heterocycles. The fourth-order valence-electron chi connectivity index (χ4n) is 1.83. The molecular formula is C12H23BNO6P. The van der Waals surface area contributed by atoms with Crippen molar-refractivity contribution in [3.05, 3.63) is 11.9 Å². The number of likely N-dealkylation sites (N-methyl/N-ethyl adjacent to an activating group) is 1. The number of nitrogens with zero attached hydrogens (tertiary/aromatic N) is 1. The number of aliphatic hydroxyl groups excluding tert-OH is 1. The van der Waals surface area contributed by atoms with Gasteiger partial charge in [0.15, 0.2) is 8.38 Å². The minimum Gasteiger partial charge on any atom is -0.387 e. The van der Waals surface area contributed by atoms with E-state index in [4.69, 9.17) is 31.8 Å². The largest absolute Gasteiger partial charge is 0.387 e. The second-order valence-corrected chi connectivity index (χ2v) is 5.91. The summed E-state index contributed by atoms with van der Waals surface area (Å²) >= 11 is 0. The lowest BCUT2D eigenvalue weighted by Crippen LogP contribution is -2.36. The van der Waals surface area contributed by atoms with Crippen molar-refractivity contribution < 1.29 is 29.1 Å². The first kappa shape index (κ1) is 19.0. The second-order valence-electron chi connectivity index (χ2n) is 4.97. The van der Waals surface area contributed by atoms with Gasteiger partial charge in [0.2, 0.25) is 0 Å². The van der Waals surface area contributed by atoms with E-state index >= 15 is 0 Å². The number of hydrogen-bond donors (Lipinski definition) is 3. The van der Waals surface area contributed by atoms with E-state index in [9.17, 15) is 5.11 Å². The quantitative estimate of drug-likeness (QED) is 0.286. The van der Waals surface area contributed by atoms with Gasteiger partial charge in [0.25, 0.3) is 0 Å². The summed E-state index contributed by atoms with van der Waals surface area (Å²) in [7, 11) is 7.50. The molecule has 2 radical (unpaired) electrons. The first-order valence-corrected chi connectivity index (χ1v) is 8.02. The molecule has 3 N–H and O–H groups in total. The fraction of sp³-hybridized carbons (Fsp3) is 0.833. The van der Waals surface area contributed by atoms with E-state index in [1.54, 1.807) is 0 Å². The van der Waals surface area contributed by atoms with Crippen LogP contribution in [0.2, 0.25) is 0 Å². The second kappa shape index (κ2) is 9.87. The van der Waals surface area contributed by atoms with Crippen LogP contribution in [-0.2, 0) is 14.2 Å². The Morgan fingerprint density at radius 3 is 2.62 bits per heavy atom. The summed E-state index contributed by atoms with van der Waals surface area (Å²) in [6, 6.07) is -0.764. The molecule has 0 bridgehead atoms. The van der Waals surface area contributed by atoms with Crippen molar-refractivity contribution in [3.8, 4) is 0 Å². The van der Waals surface area contributed by atoms with Gasteiger partial charge in [0.05, 0.1) is 19.8 Å². The monoisotopic (exact) mass is 319 g/mol. The molecule has 1 rings (SSSR count). The van der Waals surface area contributed by atoms with Crippen LogP contribution in [0.4, 0.5) is 0 Å². The van der Waals surface area contributed by atoms with Crippen LogP contribution in [0.1, 0.15) is 0 Å². The van der Waals surface area contributed by atoms with E-state index in [1.165, 1.54) is 11.9 Å². The Morgan fingerprint density at radius 1 is 1.29 bits per heavy atom. The minimum atomic E-state index is -2.16. The SMILES string of the molecule is [B]C1OC(/C=C/P(O)O)C(O)C1OCCOCCN(C)C. The van der Waals surface area contributed by atoms with Gasteiger partial charge in [-0.15, -0.1) is 0 Å². The lowest BCUT2D eigenvalue weighted by Gasteiger charge is -2.19. The highest BCUT2D eigenvalue weighted by molar-refractivity contribution is 7.48. The molecule has 120 valence electrons. The third-order valence-electron chi connectivity index (χ3n) is 2.94. The average Bonchev–Trinajstić information content (AvgIpc) is 2.66. The van der Waals surface area contributed by atoms with Gasteiger partial charge in [-0.25, -0.2) is 0 Å². The molecule has 1 aliphatic rings. The lowest BCUT2D eigenvalue weighted by atomic mass is 9.93. The van der Waals surface area contributed by atoms with E-state index in [1.807, 2.05) is 19.0 Å². The zero-order chi connectivity index (χ0) is 15.8. The van der Waals surface area contributed by atoms with E-state index in [2.05, 4.69) is 0 Å². The van der Waals surface area contributed by atoms with Crippen molar-refractivity contribution in [2.24, 2.45) is 0 Å². The van der Waals surface area contributed by atoms with E-state index in [0.717, 1.165) is 6.54 Å². The zero-order valence-corrected chi connectivity index (χ0v) is 13.2. The van der Waals surface area contributed by atoms with Crippen LogP contribution in [0.25, 0.3) is 0 Å². The summed E-state index contributed by atoms with van der Waals surface area (Å²) in [5, 5.41) is 10.0. The van der Waals surface area contributed by atoms with Crippen molar-refractivity contribution in [1.82, 2.24) is 4.90 Å². The number of hydrogen-bond acceptors (Lipinski definition) is 7. The van der Waals surface area contributed by atoms with Crippen molar-refractivity contribution in [2.75, 3.05) is 40.5 Å². The van der Waals surface area contributed by atoms with Crippen molar-refractivity contribution in [3.63, 3.8) is 0 Å². The van der Waals surface area contributed by atoms with Crippen molar-refractivity contribution in [1.29, 1.82) is 0 Å². The fourth-order valence-corrected chi connectivity index (χ4v) is 2.15. The zero-order valence-electron chi connectivity index (χ0n) is 12.3. The molecule has 1 fully saturated rings. The van der Waals surface area contributed by atoms with Gasteiger partial charge in [-0.3, -0.25) is 0 Å². The summed E-state index contributed by atoms with van der Waals surface area (Å²) in [6.07, 6.45) is -0.940. The summed E-state index contributed by atoms with van der Waals surface area (Å²) in [4.78, 5) is 19.6. The third-order valence-corrected chi connectivity index (χ3v) is 3.38. The molecule has 1 heterocycles. The van der Waals surface area contributed by atoms with E-state index in [-0.39, 0.29) is 0 Å². The van der Waals surface area contributed by atoms with Crippen LogP contribution in [0.5, 0.6) is 0 Å². The molecule has 0 amide bonds. The Morgan fingerprint density at radius 2 is 2.00 bits per heavy atom. The van der Waals surface area contributed by atoms with Gasteiger partial charge in [-0.05, 0) is 26.0 Å².